The van der Waals surface area contributed by atoms with Crippen LogP contribution in [0.1, 0.15) is 23.6 Å². The minimum Gasteiger partial charge on any atom is -0.489 e. The van der Waals surface area contributed by atoms with Crippen molar-refractivity contribution in [1.29, 1.82) is 0 Å². The van der Waals surface area contributed by atoms with Gasteiger partial charge in [0.2, 0.25) is 0 Å². The first-order chi connectivity index (χ1) is 10.6. The number of non-ortho nitro benzene ring substituents is 1. The predicted octanol–water partition coefficient (Wildman–Crippen LogP) is 2.98. The summed E-state index contributed by atoms with van der Waals surface area (Å²) < 4.78 is 5.63. The Morgan fingerprint density at radius 2 is 1.74 bits per heavy atom. The molecule has 2 aromatic rings. The van der Waals surface area contributed by atoms with E-state index in [9.17, 15) is 10.1 Å². The molecular formula is C16H19ClN2O4. The quantitative estimate of drug-likeness (QED) is 0.597. The number of hydrogen-bond donors (Lipinski definition) is 2. The maximum absolute atomic E-state index is 10.6. The summed E-state index contributed by atoms with van der Waals surface area (Å²) in [5.41, 5.74) is 7.76. The van der Waals surface area contributed by atoms with Crippen LogP contribution in [0.15, 0.2) is 48.5 Å². The molecule has 0 aromatic heterocycles. The van der Waals surface area contributed by atoms with E-state index in [-0.39, 0.29) is 30.7 Å². The van der Waals surface area contributed by atoms with Gasteiger partial charge in [-0.15, -0.1) is 12.4 Å². The van der Waals surface area contributed by atoms with Crippen molar-refractivity contribution < 1.29 is 14.8 Å². The van der Waals surface area contributed by atoms with Gasteiger partial charge in [0.05, 0.1) is 4.92 Å². The molecule has 0 radical (unpaired) electrons. The maximum Gasteiger partial charge on any atom is 0.269 e. The average Bonchev–Trinajstić information content (AvgIpc) is 2.54. The number of nitro benzene ring substituents is 1. The standard InChI is InChI=1S/C16H18N2O4.ClH/c17-16(9-10-19)13-3-7-15(8-4-13)22-11-12-1-5-14(6-2-12)18(20)21;/h1-8,16,19H,9-11,17H2;1H. The molecule has 0 bridgehead atoms. The lowest BCUT2D eigenvalue weighted by molar-refractivity contribution is -0.384. The topological polar surface area (TPSA) is 98.6 Å². The van der Waals surface area contributed by atoms with E-state index < -0.39 is 4.92 Å². The smallest absolute Gasteiger partial charge is 0.269 e. The van der Waals surface area contributed by atoms with Crippen LogP contribution in [-0.4, -0.2) is 16.6 Å². The zero-order valence-electron chi connectivity index (χ0n) is 12.4. The Morgan fingerprint density at radius 3 is 2.26 bits per heavy atom. The van der Waals surface area contributed by atoms with Crippen molar-refractivity contribution >= 4 is 18.1 Å². The van der Waals surface area contributed by atoms with Crippen LogP contribution in [0, 0.1) is 10.1 Å². The molecule has 23 heavy (non-hydrogen) atoms. The molecule has 2 rings (SSSR count). The Kier molecular flexibility index (Phi) is 7.47. The minimum atomic E-state index is -0.432. The number of nitro groups is 1. The molecule has 0 spiro atoms. The molecule has 6 nitrogen and oxygen atoms in total. The monoisotopic (exact) mass is 338 g/mol. The van der Waals surface area contributed by atoms with Crippen molar-refractivity contribution in [2.24, 2.45) is 5.73 Å². The number of aliphatic hydroxyl groups is 1. The second-order valence-corrected chi connectivity index (χ2v) is 4.90. The molecule has 2 aromatic carbocycles. The average molecular weight is 339 g/mol. The highest BCUT2D eigenvalue weighted by atomic mass is 35.5. The lowest BCUT2D eigenvalue weighted by Gasteiger charge is -2.11. The molecule has 0 amide bonds. The van der Waals surface area contributed by atoms with Crippen molar-refractivity contribution in [2.45, 2.75) is 19.1 Å². The van der Waals surface area contributed by atoms with Gasteiger partial charge in [-0.25, -0.2) is 0 Å². The van der Waals surface area contributed by atoms with E-state index in [4.69, 9.17) is 15.6 Å². The molecule has 1 unspecified atom stereocenters. The van der Waals surface area contributed by atoms with Crippen LogP contribution in [0.25, 0.3) is 0 Å². The molecule has 1 atom stereocenters. The van der Waals surface area contributed by atoms with Crippen LogP contribution in [-0.2, 0) is 6.61 Å². The highest BCUT2D eigenvalue weighted by molar-refractivity contribution is 5.85. The summed E-state index contributed by atoms with van der Waals surface area (Å²) in [6, 6.07) is 13.4. The van der Waals surface area contributed by atoms with Gasteiger partial charge in [-0.3, -0.25) is 10.1 Å². The highest BCUT2D eigenvalue weighted by Gasteiger charge is 2.06. The fourth-order valence-electron chi connectivity index (χ4n) is 2.00. The summed E-state index contributed by atoms with van der Waals surface area (Å²) in [5.74, 6) is 0.693. The first kappa shape index (κ1) is 18.9. The van der Waals surface area contributed by atoms with Crippen LogP contribution in [0.3, 0.4) is 0 Å². The molecule has 0 fully saturated rings. The van der Waals surface area contributed by atoms with E-state index in [0.29, 0.717) is 18.8 Å². The van der Waals surface area contributed by atoms with Crippen molar-refractivity contribution in [3.8, 4) is 5.75 Å². The van der Waals surface area contributed by atoms with Gasteiger partial charge in [0, 0.05) is 24.8 Å². The molecule has 0 saturated heterocycles. The van der Waals surface area contributed by atoms with Crippen LogP contribution >= 0.6 is 12.4 Å². The number of halogens is 1. The van der Waals surface area contributed by atoms with Crippen molar-refractivity contribution in [2.75, 3.05) is 6.61 Å². The normalized spacial score (nSPS) is 11.4. The van der Waals surface area contributed by atoms with Crippen LogP contribution in [0.5, 0.6) is 5.75 Å². The van der Waals surface area contributed by atoms with E-state index in [1.807, 2.05) is 24.3 Å². The van der Waals surface area contributed by atoms with Crippen molar-refractivity contribution in [3.05, 3.63) is 69.8 Å². The van der Waals surface area contributed by atoms with Gasteiger partial charge in [0.1, 0.15) is 12.4 Å². The zero-order valence-corrected chi connectivity index (χ0v) is 13.2. The second kappa shape index (κ2) is 9.09. The van der Waals surface area contributed by atoms with Gasteiger partial charge in [0.25, 0.3) is 5.69 Å². The van der Waals surface area contributed by atoms with Crippen molar-refractivity contribution in [3.63, 3.8) is 0 Å². The SMILES string of the molecule is Cl.NC(CCO)c1ccc(OCc2ccc([N+](=O)[O-])cc2)cc1. The number of hydrogen-bond acceptors (Lipinski definition) is 5. The largest absolute Gasteiger partial charge is 0.489 e. The number of benzene rings is 2. The Hall–Kier alpha value is -2.15. The Bertz CT molecular complexity index is 617. The molecule has 124 valence electrons. The van der Waals surface area contributed by atoms with Crippen LogP contribution < -0.4 is 10.5 Å². The second-order valence-electron chi connectivity index (χ2n) is 4.90. The molecule has 0 saturated carbocycles. The summed E-state index contributed by atoms with van der Waals surface area (Å²) in [6.45, 7) is 0.388. The van der Waals surface area contributed by atoms with E-state index >= 15 is 0 Å². The summed E-state index contributed by atoms with van der Waals surface area (Å²) in [5, 5.41) is 19.4. The summed E-state index contributed by atoms with van der Waals surface area (Å²) >= 11 is 0. The van der Waals surface area contributed by atoms with Gasteiger partial charge in [0.15, 0.2) is 0 Å². The van der Waals surface area contributed by atoms with Gasteiger partial charge in [-0.1, -0.05) is 12.1 Å². The number of rotatable bonds is 7. The number of aliphatic hydroxyl groups excluding tert-OH is 1. The number of nitrogens with zero attached hydrogens (tertiary/aromatic N) is 1. The predicted molar refractivity (Wildman–Crippen MR) is 89.7 cm³/mol. The van der Waals surface area contributed by atoms with E-state index in [1.165, 1.54) is 12.1 Å². The van der Waals surface area contributed by atoms with E-state index in [0.717, 1.165) is 11.1 Å². The third-order valence-electron chi connectivity index (χ3n) is 3.30. The lowest BCUT2D eigenvalue weighted by atomic mass is 10.1. The first-order valence-electron chi connectivity index (χ1n) is 6.92. The Morgan fingerprint density at radius 1 is 1.13 bits per heavy atom. The molecule has 0 aliphatic heterocycles. The third-order valence-corrected chi connectivity index (χ3v) is 3.30. The molecular weight excluding hydrogens is 320 g/mol. The first-order valence-corrected chi connectivity index (χ1v) is 6.92. The Labute approximate surface area is 140 Å². The van der Waals surface area contributed by atoms with Gasteiger partial charge >= 0.3 is 0 Å². The van der Waals surface area contributed by atoms with Crippen LogP contribution in [0.2, 0.25) is 0 Å². The maximum atomic E-state index is 10.6. The third kappa shape index (κ3) is 5.52. The Balaban J connectivity index is 0.00000264. The fourth-order valence-corrected chi connectivity index (χ4v) is 2.00. The molecule has 0 aliphatic rings. The zero-order chi connectivity index (χ0) is 15.9. The van der Waals surface area contributed by atoms with Gasteiger partial charge in [-0.2, -0.15) is 0 Å². The molecule has 0 heterocycles. The minimum absolute atomic E-state index is 0. The van der Waals surface area contributed by atoms with E-state index in [1.54, 1.807) is 12.1 Å². The van der Waals surface area contributed by atoms with E-state index in [2.05, 4.69) is 0 Å². The molecule has 0 aliphatic carbocycles. The van der Waals surface area contributed by atoms with Gasteiger partial charge in [-0.05, 0) is 41.8 Å². The summed E-state index contributed by atoms with van der Waals surface area (Å²) in [6.07, 6.45) is 0.517. The fraction of sp³-hybridized carbons (Fsp3) is 0.250. The molecule has 7 heteroatoms. The number of ether oxygens (including phenoxy) is 1. The van der Waals surface area contributed by atoms with Crippen LogP contribution in [0.4, 0.5) is 5.69 Å². The number of nitrogens with two attached hydrogens (primary N) is 1. The summed E-state index contributed by atoms with van der Waals surface area (Å²) in [7, 11) is 0. The highest BCUT2D eigenvalue weighted by Crippen LogP contribution is 2.20. The van der Waals surface area contributed by atoms with Crippen molar-refractivity contribution in [1.82, 2.24) is 0 Å². The molecule has 3 N–H and O–H groups in total. The summed E-state index contributed by atoms with van der Waals surface area (Å²) in [4.78, 5) is 10.1. The van der Waals surface area contributed by atoms with Gasteiger partial charge < -0.3 is 15.6 Å². The lowest BCUT2D eigenvalue weighted by Crippen LogP contribution is -2.11.